The van der Waals surface area contributed by atoms with E-state index in [2.05, 4.69) is 0 Å². The summed E-state index contributed by atoms with van der Waals surface area (Å²) in [6.45, 7) is 2.92. The number of carbonyl (C=O) groups excluding carboxylic acids is 3. The van der Waals surface area contributed by atoms with E-state index in [1.54, 1.807) is 30.3 Å². The van der Waals surface area contributed by atoms with E-state index < -0.39 is 23.7 Å². The van der Waals surface area contributed by atoms with Crippen LogP contribution >= 0.6 is 0 Å². The summed E-state index contributed by atoms with van der Waals surface area (Å²) in [5, 5.41) is 0. The highest BCUT2D eigenvalue weighted by molar-refractivity contribution is 6.01. The zero-order valence-electron chi connectivity index (χ0n) is 15.3. The maximum absolute atomic E-state index is 13.0. The fourth-order valence-electron chi connectivity index (χ4n) is 2.59. The number of hydrogen-bond acceptors (Lipinski definition) is 5. The molecule has 28 heavy (non-hydrogen) atoms. The lowest BCUT2D eigenvalue weighted by Crippen LogP contribution is -2.24. The van der Waals surface area contributed by atoms with Crippen LogP contribution in [0.2, 0.25) is 0 Å². The Morgan fingerprint density at radius 3 is 2.11 bits per heavy atom. The van der Waals surface area contributed by atoms with Crippen LogP contribution < -0.4 is 0 Å². The molecule has 0 aliphatic rings. The van der Waals surface area contributed by atoms with Gasteiger partial charge >= 0.3 is 5.97 Å². The van der Waals surface area contributed by atoms with Gasteiger partial charge in [0.05, 0.1) is 0 Å². The Morgan fingerprint density at radius 2 is 1.50 bits per heavy atom. The molecule has 0 amide bonds. The molecule has 0 radical (unpaired) electrons. The molecule has 0 aliphatic heterocycles. The summed E-state index contributed by atoms with van der Waals surface area (Å²) < 4.78 is 23.6. The lowest BCUT2D eigenvalue weighted by Gasteiger charge is -2.11. The van der Waals surface area contributed by atoms with Crippen molar-refractivity contribution in [1.82, 2.24) is 0 Å². The van der Waals surface area contributed by atoms with Crippen molar-refractivity contribution in [3.05, 3.63) is 83.4 Å². The molecule has 0 fully saturated rings. The van der Waals surface area contributed by atoms with Crippen molar-refractivity contribution in [2.45, 2.75) is 20.0 Å². The molecule has 0 bridgehead atoms. The topological polar surface area (TPSA) is 73.6 Å². The molecule has 0 spiro atoms. The van der Waals surface area contributed by atoms with Gasteiger partial charge in [-0.2, -0.15) is 0 Å². The number of benzene rings is 2. The van der Waals surface area contributed by atoms with E-state index in [9.17, 15) is 18.8 Å². The van der Waals surface area contributed by atoms with Gasteiger partial charge in [0.25, 0.3) is 0 Å². The molecule has 6 heteroatoms. The molecular weight excluding hydrogens is 363 g/mol. The predicted molar refractivity (Wildman–Crippen MR) is 99.8 cm³/mol. The summed E-state index contributed by atoms with van der Waals surface area (Å²) in [6, 6.07) is 14.8. The van der Waals surface area contributed by atoms with E-state index in [1.165, 1.54) is 32.0 Å². The summed E-state index contributed by atoms with van der Waals surface area (Å²) in [6.07, 6.45) is -1.05. The van der Waals surface area contributed by atoms with Crippen molar-refractivity contribution in [3.63, 3.8) is 0 Å². The lowest BCUT2D eigenvalue weighted by atomic mass is 10.1. The van der Waals surface area contributed by atoms with Gasteiger partial charge in [-0.25, -0.2) is 9.18 Å². The Balaban J connectivity index is 1.69. The first kappa shape index (κ1) is 19.2. The monoisotopic (exact) mass is 380 g/mol. The predicted octanol–water partition coefficient (Wildman–Crippen LogP) is 4.72. The Hall–Kier alpha value is -3.54. The Labute approximate surface area is 160 Å². The zero-order valence-corrected chi connectivity index (χ0v) is 15.3. The number of hydrogen-bond donors (Lipinski definition) is 0. The Bertz CT molecular complexity index is 1020. The van der Waals surface area contributed by atoms with Gasteiger partial charge in [-0.1, -0.05) is 24.3 Å². The quantitative estimate of drug-likeness (QED) is 0.457. The lowest BCUT2D eigenvalue weighted by molar-refractivity contribution is 0.0290. The molecule has 0 saturated heterocycles. The molecule has 3 rings (SSSR count). The molecule has 0 unspecified atom stereocenters. The van der Waals surface area contributed by atoms with Crippen molar-refractivity contribution in [2.24, 2.45) is 0 Å². The van der Waals surface area contributed by atoms with Gasteiger partial charge in [0.15, 0.2) is 11.9 Å². The molecule has 0 aliphatic carbocycles. The minimum Gasteiger partial charge on any atom is -0.449 e. The van der Waals surface area contributed by atoms with Gasteiger partial charge in [0, 0.05) is 16.7 Å². The first-order valence-electron chi connectivity index (χ1n) is 8.57. The van der Waals surface area contributed by atoms with Crippen molar-refractivity contribution < 1.29 is 27.9 Å². The van der Waals surface area contributed by atoms with Gasteiger partial charge in [-0.05, 0) is 50.2 Å². The van der Waals surface area contributed by atoms with Gasteiger partial charge in [0.1, 0.15) is 11.6 Å². The van der Waals surface area contributed by atoms with Crippen LogP contribution in [0.1, 0.15) is 45.1 Å². The highest BCUT2D eigenvalue weighted by atomic mass is 19.1. The van der Waals surface area contributed by atoms with Gasteiger partial charge in [0.2, 0.25) is 11.5 Å². The molecule has 2 aromatic carbocycles. The fraction of sp³-hybridized carbons (Fsp3) is 0.136. The van der Waals surface area contributed by atoms with Crippen molar-refractivity contribution in [1.29, 1.82) is 0 Å². The van der Waals surface area contributed by atoms with Crippen molar-refractivity contribution in [2.75, 3.05) is 0 Å². The fourth-order valence-corrected chi connectivity index (χ4v) is 2.59. The van der Waals surface area contributed by atoms with Crippen molar-refractivity contribution in [3.8, 4) is 11.3 Å². The molecule has 1 aromatic heterocycles. The molecule has 142 valence electrons. The highest BCUT2D eigenvalue weighted by Gasteiger charge is 2.22. The number of carbonyl (C=O) groups is 3. The van der Waals surface area contributed by atoms with Crippen LogP contribution in [-0.2, 0) is 4.74 Å². The average molecular weight is 380 g/mol. The molecule has 0 saturated carbocycles. The van der Waals surface area contributed by atoms with Crippen LogP contribution in [0.5, 0.6) is 0 Å². The van der Waals surface area contributed by atoms with Crippen LogP contribution in [0.3, 0.4) is 0 Å². The van der Waals surface area contributed by atoms with Crippen LogP contribution in [0.4, 0.5) is 4.39 Å². The number of halogens is 1. The summed E-state index contributed by atoms with van der Waals surface area (Å²) >= 11 is 0. The molecule has 0 N–H and O–H groups in total. The normalized spacial score (nSPS) is 11.7. The number of rotatable bonds is 6. The number of furan rings is 1. The standard InChI is InChI=1S/C22H17FO5/c1-13(24)15-3-5-16(6-4-15)19-11-12-20(28-19)22(26)27-14(2)21(25)17-7-9-18(23)10-8-17/h3-12,14H,1-2H3/t14-/m1/s1. The van der Waals surface area contributed by atoms with E-state index in [4.69, 9.17) is 9.15 Å². The number of ether oxygens (including phenoxy) is 1. The maximum atomic E-state index is 13.0. The van der Waals surface area contributed by atoms with Gasteiger partial charge in [-0.3, -0.25) is 9.59 Å². The van der Waals surface area contributed by atoms with E-state index in [1.807, 2.05) is 0 Å². The maximum Gasteiger partial charge on any atom is 0.374 e. The second-order valence-electron chi connectivity index (χ2n) is 6.22. The first-order valence-corrected chi connectivity index (χ1v) is 8.57. The third kappa shape index (κ3) is 4.23. The highest BCUT2D eigenvalue weighted by Crippen LogP contribution is 2.23. The first-order chi connectivity index (χ1) is 13.3. The number of ketones is 2. The Morgan fingerprint density at radius 1 is 0.893 bits per heavy atom. The van der Waals surface area contributed by atoms with Crippen LogP contribution in [0.15, 0.2) is 65.1 Å². The number of Topliss-reactive ketones (excluding diaryl/α,β-unsaturated/α-hetero) is 2. The molecule has 5 nitrogen and oxygen atoms in total. The van der Waals surface area contributed by atoms with Crippen LogP contribution in [-0.4, -0.2) is 23.6 Å². The molecule has 1 heterocycles. The molecule has 1 atom stereocenters. The molecule has 3 aromatic rings. The van der Waals surface area contributed by atoms with Crippen molar-refractivity contribution >= 4 is 17.5 Å². The second-order valence-corrected chi connectivity index (χ2v) is 6.22. The third-order valence-electron chi connectivity index (χ3n) is 4.16. The van der Waals surface area contributed by atoms with E-state index in [-0.39, 0.29) is 17.1 Å². The minimum absolute atomic E-state index is 0.0462. The smallest absolute Gasteiger partial charge is 0.374 e. The van der Waals surface area contributed by atoms with Gasteiger partial charge < -0.3 is 9.15 Å². The average Bonchev–Trinajstić information content (AvgIpc) is 3.18. The number of esters is 1. The zero-order chi connectivity index (χ0) is 20.3. The minimum atomic E-state index is -1.05. The second kappa shape index (κ2) is 8.00. The molecular formula is C22H17FO5. The summed E-state index contributed by atoms with van der Waals surface area (Å²) in [5.41, 5.74) is 1.51. The van der Waals surface area contributed by atoms with Crippen LogP contribution in [0, 0.1) is 5.82 Å². The third-order valence-corrected chi connectivity index (χ3v) is 4.16. The summed E-state index contributed by atoms with van der Waals surface area (Å²) in [4.78, 5) is 35.9. The largest absolute Gasteiger partial charge is 0.449 e. The van der Waals surface area contributed by atoms with Gasteiger partial charge in [-0.15, -0.1) is 0 Å². The summed E-state index contributed by atoms with van der Waals surface area (Å²) in [7, 11) is 0. The van der Waals surface area contributed by atoms with Crippen LogP contribution in [0.25, 0.3) is 11.3 Å². The Kier molecular flexibility index (Phi) is 5.49. The van der Waals surface area contributed by atoms with E-state index >= 15 is 0 Å². The van der Waals surface area contributed by atoms with E-state index in [0.717, 1.165) is 12.1 Å². The van der Waals surface area contributed by atoms with E-state index in [0.29, 0.717) is 16.9 Å². The summed E-state index contributed by atoms with van der Waals surface area (Å²) in [5.74, 6) is -1.35. The SMILES string of the molecule is CC(=O)c1ccc(-c2ccc(C(=O)O[C@H](C)C(=O)c3ccc(F)cc3)o2)cc1.